The molecule has 0 saturated heterocycles. The molecule has 0 aliphatic rings. The van der Waals surface area contributed by atoms with Gasteiger partial charge in [-0.3, -0.25) is 0 Å². The zero-order valence-corrected chi connectivity index (χ0v) is 9.44. The first-order valence-corrected chi connectivity index (χ1v) is 5.20. The predicted molar refractivity (Wildman–Crippen MR) is 62.2 cm³/mol. The Balaban J connectivity index is 2.00. The van der Waals surface area contributed by atoms with Crippen molar-refractivity contribution < 1.29 is 14.3 Å². The van der Waals surface area contributed by atoms with Crippen molar-refractivity contribution in [3.8, 4) is 0 Å². The molecule has 1 aromatic heterocycles. The number of carbonyl (C=O) groups is 1. The highest BCUT2D eigenvalue weighted by Gasteiger charge is 2.09. The van der Waals surface area contributed by atoms with Crippen molar-refractivity contribution in [1.82, 2.24) is 4.98 Å². The van der Waals surface area contributed by atoms with E-state index in [0.29, 0.717) is 17.5 Å². The van der Waals surface area contributed by atoms with Crippen LogP contribution in [0, 0.1) is 0 Å². The third-order valence-electron chi connectivity index (χ3n) is 2.04. The van der Waals surface area contributed by atoms with Crippen molar-refractivity contribution in [2.45, 2.75) is 6.54 Å². The molecule has 0 unspecified atom stereocenters. The van der Waals surface area contributed by atoms with Gasteiger partial charge in [0.25, 0.3) is 0 Å². The van der Waals surface area contributed by atoms with Gasteiger partial charge in [-0.15, -0.1) is 0 Å². The highest BCUT2D eigenvalue weighted by atomic mass is 35.5. The maximum Gasteiger partial charge on any atom is 0.357 e. The van der Waals surface area contributed by atoms with Gasteiger partial charge in [-0.2, -0.15) is 0 Å². The molecule has 0 fully saturated rings. The summed E-state index contributed by atoms with van der Waals surface area (Å²) in [6, 6.07) is 7.17. The van der Waals surface area contributed by atoms with Crippen molar-refractivity contribution in [2.24, 2.45) is 0 Å². The lowest BCUT2D eigenvalue weighted by Crippen LogP contribution is -2.01. The fourth-order valence-corrected chi connectivity index (χ4v) is 1.46. The van der Waals surface area contributed by atoms with Crippen LogP contribution in [0.4, 0.5) is 5.69 Å². The second kappa shape index (κ2) is 4.88. The van der Waals surface area contributed by atoms with Crippen LogP contribution < -0.4 is 5.32 Å². The van der Waals surface area contributed by atoms with Crippen LogP contribution in [0.3, 0.4) is 0 Å². The molecular formula is C11H9ClN2O3. The van der Waals surface area contributed by atoms with Crippen LogP contribution in [0.5, 0.6) is 0 Å². The number of halogens is 1. The molecule has 0 bridgehead atoms. The highest BCUT2D eigenvalue weighted by molar-refractivity contribution is 6.30. The van der Waals surface area contributed by atoms with Crippen molar-refractivity contribution in [1.29, 1.82) is 0 Å². The molecule has 0 aliphatic carbocycles. The number of aromatic carboxylic acids is 1. The van der Waals surface area contributed by atoms with Gasteiger partial charge in [-0.25, -0.2) is 9.78 Å². The van der Waals surface area contributed by atoms with E-state index < -0.39 is 5.97 Å². The molecule has 0 saturated carbocycles. The average Bonchev–Trinajstić information content (AvgIpc) is 2.75. The molecule has 0 atom stereocenters. The van der Waals surface area contributed by atoms with E-state index in [-0.39, 0.29) is 5.69 Å². The first kappa shape index (κ1) is 11.5. The number of anilines is 1. The van der Waals surface area contributed by atoms with Crippen LogP contribution in [0.15, 0.2) is 34.9 Å². The fraction of sp³-hybridized carbons (Fsp3) is 0.0909. The average molecular weight is 253 g/mol. The van der Waals surface area contributed by atoms with Gasteiger partial charge in [-0.1, -0.05) is 17.7 Å². The van der Waals surface area contributed by atoms with E-state index in [1.807, 2.05) is 12.1 Å². The molecule has 0 radical (unpaired) electrons. The minimum Gasteiger partial charge on any atom is -0.476 e. The Hall–Kier alpha value is -2.01. The van der Waals surface area contributed by atoms with Gasteiger partial charge in [0.15, 0.2) is 5.69 Å². The summed E-state index contributed by atoms with van der Waals surface area (Å²) in [4.78, 5) is 14.4. The van der Waals surface area contributed by atoms with Gasteiger partial charge in [0.1, 0.15) is 6.26 Å². The number of oxazole rings is 1. The second-order valence-corrected chi connectivity index (χ2v) is 3.73. The zero-order chi connectivity index (χ0) is 12.3. The van der Waals surface area contributed by atoms with Gasteiger partial charge in [0.2, 0.25) is 5.89 Å². The Kier molecular flexibility index (Phi) is 3.30. The van der Waals surface area contributed by atoms with E-state index in [1.54, 1.807) is 12.1 Å². The Morgan fingerprint density at radius 2 is 2.35 bits per heavy atom. The Bertz CT molecular complexity index is 539. The number of nitrogens with one attached hydrogen (secondary N) is 1. The first-order chi connectivity index (χ1) is 8.15. The molecule has 2 N–H and O–H groups in total. The zero-order valence-electron chi connectivity index (χ0n) is 8.68. The summed E-state index contributed by atoms with van der Waals surface area (Å²) in [6.45, 7) is 0.299. The number of hydrogen-bond donors (Lipinski definition) is 2. The van der Waals surface area contributed by atoms with Crippen LogP contribution in [0.1, 0.15) is 16.4 Å². The largest absolute Gasteiger partial charge is 0.476 e. The summed E-state index contributed by atoms with van der Waals surface area (Å²) in [7, 11) is 0. The number of carboxylic acid groups (broad SMARTS) is 1. The number of nitrogens with zero attached hydrogens (tertiary/aromatic N) is 1. The summed E-state index contributed by atoms with van der Waals surface area (Å²) in [5, 5.41) is 12.3. The maximum atomic E-state index is 10.6. The van der Waals surface area contributed by atoms with Crippen LogP contribution in [-0.4, -0.2) is 16.1 Å². The van der Waals surface area contributed by atoms with Gasteiger partial charge in [-0.05, 0) is 18.2 Å². The van der Waals surface area contributed by atoms with E-state index in [1.165, 1.54) is 0 Å². The number of aromatic nitrogens is 1. The number of hydrogen-bond acceptors (Lipinski definition) is 4. The van der Waals surface area contributed by atoms with Gasteiger partial charge >= 0.3 is 5.97 Å². The maximum absolute atomic E-state index is 10.6. The van der Waals surface area contributed by atoms with E-state index in [2.05, 4.69) is 10.3 Å². The summed E-state index contributed by atoms with van der Waals surface area (Å²) in [5.74, 6) is -0.801. The van der Waals surface area contributed by atoms with Crippen LogP contribution in [0.2, 0.25) is 5.02 Å². The molecule has 2 rings (SSSR count). The lowest BCUT2D eigenvalue weighted by Gasteiger charge is -2.03. The van der Waals surface area contributed by atoms with Crippen LogP contribution in [-0.2, 0) is 6.54 Å². The minimum atomic E-state index is -1.11. The lowest BCUT2D eigenvalue weighted by molar-refractivity contribution is 0.0690. The standard InChI is InChI=1S/C11H9ClN2O3/c12-7-2-1-3-8(4-7)13-5-10-14-9(6-17-10)11(15)16/h1-4,6,13H,5H2,(H,15,16). The monoisotopic (exact) mass is 252 g/mol. The molecule has 88 valence electrons. The van der Waals surface area contributed by atoms with Crippen molar-refractivity contribution >= 4 is 23.3 Å². The molecule has 17 heavy (non-hydrogen) atoms. The molecule has 0 spiro atoms. The molecule has 0 amide bonds. The van der Waals surface area contributed by atoms with Crippen molar-refractivity contribution in [3.63, 3.8) is 0 Å². The molecule has 6 heteroatoms. The van der Waals surface area contributed by atoms with Gasteiger partial charge in [0.05, 0.1) is 6.54 Å². The van der Waals surface area contributed by atoms with Crippen molar-refractivity contribution in [3.05, 3.63) is 47.1 Å². The summed E-state index contributed by atoms with van der Waals surface area (Å²) in [6.07, 6.45) is 1.11. The summed E-state index contributed by atoms with van der Waals surface area (Å²) < 4.78 is 4.99. The third kappa shape index (κ3) is 2.98. The molecule has 0 aliphatic heterocycles. The molecule has 1 heterocycles. The second-order valence-electron chi connectivity index (χ2n) is 3.30. The SMILES string of the molecule is O=C(O)c1coc(CNc2cccc(Cl)c2)n1. The highest BCUT2D eigenvalue weighted by Crippen LogP contribution is 2.15. The van der Waals surface area contributed by atoms with Crippen molar-refractivity contribution in [2.75, 3.05) is 5.32 Å². The number of carboxylic acids is 1. The topological polar surface area (TPSA) is 75.4 Å². The Labute approximate surface area is 102 Å². The lowest BCUT2D eigenvalue weighted by atomic mass is 10.3. The third-order valence-corrected chi connectivity index (χ3v) is 2.27. The quantitative estimate of drug-likeness (QED) is 0.875. The smallest absolute Gasteiger partial charge is 0.357 e. The van der Waals surface area contributed by atoms with Gasteiger partial charge < -0.3 is 14.8 Å². The van der Waals surface area contributed by atoms with Gasteiger partial charge in [0, 0.05) is 10.7 Å². The summed E-state index contributed by atoms with van der Waals surface area (Å²) >= 11 is 5.82. The van der Waals surface area contributed by atoms with E-state index in [4.69, 9.17) is 21.1 Å². The molecule has 2 aromatic rings. The minimum absolute atomic E-state index is 0.104. The Morgan fingerprint density at radius 3 is 3.00 bits per heavy atom. The van der Waals surface area contributed by atoms with E-state index in [9.17, 15) is 4.79 Å². The molecular weight excluding hydrogens is 244 g/mol. The predicted octanol–water partition coefficient (Wildman–Crippen LogP) is 2.64. The van der Waals surface area contributed by atoms with Crippen LogP contribution in [0.25, 0.3) is 0 Å². The number of benzene rings is 1. The fourth-order valence-electron chi connectivity index (χ4n) is 1.27. The molecule has 5 nitrogen and oxygen atoms in total. The van der Waals surface area contributed by atoms with Crippen LogP contribution >= 0.6 is 11.6 Å². The molecule has 1 aromatic carbocycles. The van der Waals surface area contributed by atoms with E-state index in [0.717, 1.165) is 12.0 Å². The van der Waals surface area contributed by atoms with E-state index >= 15 is 0 Å². The normalized spacial score (nSPS) is 10.2. The number of rotatable bonds is 4. The Morgan fingerprint density at radius 1 is 1.53 bits per heavy atom. The first-order valence-electron chi connectivity index (χ1n) is 4.82. The summed E-state index contributed by atoms with van der Waals surface area (Å²) in [5.41, 5.74) is 0.709.